The highest BCUT2D eigenvalue weighted by Gasteiger charge is 2.32. The minimum atomic E-state index is -0.214. The molecule has 122 valence electrons. The molecule has 24 heavy (non-hydrogen) atoms. The summed E-state index contributed by atoms with van der Waals surface area (Å²) in [5.41, 5.74) is 1.81. The van der Waals surface area contributed by atoms with Crippen LogP contribution in [0, 0.1) is 5.82 Å². The van der Waals surface area contributed by atoms with Gasteiger partial charge in [-0.15, -0.1) is 10.2 Å². The van der Waals surface area contributed by atoms with Gasteiger partial charge in [0.25, 0.3) is 0 Å². The molecule has 0 amide bonds. The molecular formula is C18H18FN5. The lowest BCUT2D eigenvalue weighted by Crippen LogP contribution is -2.34. The third kappa shape index (κ3) is 2.29. The molecule has 0 radical (unpaired) electrons. The minimum absolute atomic E-state index is 0.214. The van der Waals surface area contributed by atoms with Gasteiger partial charge in [-0.3, -0.25) is 9.88 Å². The van der Waals surface area contributed by atoms with E-state index in [4.69, 9.17) is 0 Å². The Morgan fingerprint density at radius 2 is 2.04 bits per heavy atom. The smallest absolute Gasteiger partial charge is 0.147 e. The SMILES string of the molecule is Fc1ccc(CN2CCn3c(nnc3C3CC3)C2)c2ncccc12. The number of benzene rings is 1. The summed E-state index contributed by atoms with van der Waals surface area (Å²) in [6.07, 6.45) is 4.21. The first kappa shape index (κ1) is 14.0. The highest BCUT2D eigenvalue weighted by molar-refractivity contribution is 5.82. The summed E-state index contributed by atoms with van der Waals surface area (Å²) < 4.78 is 16.2. The zero-order valence-electron chi connectivity index (χ0n) is 13.3. The maximum absolute atomic E-state index is 14.0. The lowest BCUT2D eigenvalue weighted by Gasteiger charge is -2.28. The van der Waals surface area contributed by atoms with Crippen LogP contribution in [0.15, 0.2) is 30.5 Å². The van der Waals surface area contributed by atoms with Gasteiger partial charge in [0.15, 0.2) is 0 Å². The first-order chi connectivity index (χ1) is 11.8. The summed E-state index contributed by atoms with van der Waals surface area (Å²) in [5, 5.41) is 9.36. The number of fused-ring (bicyclic) bond motifs is 2. The molecule has 2 aromatic heterocycles. The standard InChI is InChI=1S/C18H18FN5/c19-15-6-5-13(17-14(15)2-1-7-20-17)10-23-8-9-24-16(11-23)21-22-18(24)12-3-4-12/h1-2,5-7,12H,3-4,8-11H2. The fourth-order valence-electron chi connectivity index (χ4n) is 3.57. The van der Waals surface area contributed by atoms with Gasteiger partial charge in [-0.25, -0.2) is 4.39 Å². The second-order valence-electron chi connectivity index (χ2n) is 6.72. The van der Waals surface area contributed by atoms with Crippen LogP contribution in [-0.2, 0) is 19.6 Å². The van der Waals surface area contributed by atoms with E-state index in [1.807, 2.05) is 6.07 Å². The number of rotatable bonds is 3. The summed E-state index contributed by atoms with van der Waals surface area (Å²) in [5.74, 6) is 2.62. The van der Waals surface area contributed by atoms with Crippen molar-refractivity contribution in [1.29, 1.82) is 0 Å². The first-order valence-electron chi connectivity index (χ1n) is 8.46. The van der Waals surface area contributed by atoms with Crippen molar-refractivity contribution in [2.45, 2.75) is 38.4 Å². The van der Waals surface area contributed by atoms with Crippen LogP contribution in [0.25, 0.3) is 10.9 Å². The molecule has 6 heteroatoms. The molecule has 3 heterocycles. The molecular weight excluding hydrogens is 305 g/mol. The van der Waals surface area contributed by atoms with Crippen LogP contribution in [0.1, 0.15) is 36.0 Å². The number of nitrogens with zero attached hydrogens (tertiary/aromatic N) is 5. The quantitative estimate of drug-likeness (QED) is 0.743. The molecule has 0 atom stereocenters. The highest BCUT2D eigenvalue weighted by Crippen LogP contribution is 2.39. The number of halogens is 1. The predicted octanol–water partition coefficient (Wildman–Crippen LogP) is 2.86. The van der Waals surface area contributed by atoms with Gasteiger partial charge < -0.3 is 4.57 Å². The van der Waals surface area contributed by atoms with E-state index in [2.05, 4.69) is 24.6 Å². The van der Waals surface area contributed by atoms with Crippen LogP contribution >= 0.6 is 0 Å². The Balaban J connectivity index is 1.42. The molecule has 1 aliphatic heterocycles. The predicted molar refractivity (Wildman–Crippen MR) is 87.8 cm³/mol. The fraction of sp³-hybridized carbons (Fsp3) is 0.389. The Bertz CT molecular complexity index is 915. The van der Waals surface area contributed by atoms with Crippen molar-refractivity contribution in [3.8, 4) is 0 Å². The minimum Gasteiger partial charge on any atom is -0.312 e. The third-order valence-corrected chi connectivity index (χ3v) is 5.00. The zero-order chi connectivity index (χ0) is 16.1. The monoisotopic (exact) mass is 323 g/mol. The molecule has 0 saturated heterocycles. The maximum atomic E-state index is 14.0. The van der Waals surface area contributed by atoms with Gasteiger partial charge in [-0.1, -0.05) is 6.07 Å². The van der Waals surface area contributed by atoms with Crippen molar-refractivity contribution in [3.05, 3.63) is 53.5 Å². The van der Waals surface area contributed by atoms with Gasteiger partial charge in [0, 0.05) is 37.1 Å². The summed E-state index contributed by atoms with van der Waals surface area (Å²) in [6, 6.07) is 6.95. The van der Waals surface area contributed by atoms with Crippen LogP contribution in [-0.4, -0.2) is 31.2 Å². The number of hydrogen-bond acceptors (Lipinski definition) is 4. The van der Waals surface area contributed by atoms with Crippen molar-refractivity contribution in [1.82, 2.24) is 24.6 Å². The van der Waals surface area contributed by atoms with Crippen LogP contribution in [0.5, 0.6) is 0 Å². The first-order valence-corrected chi connectivity index (χ1v) is 8.46. The molecule has 1 fully saturated rings. The molecule has 1 aliphatic carbocycles. The Kier molecular flexibility index (Phi) is 3.13. The maximum Gasteiger partial charge on any atom is 0.147 e. The van der Waals surface area contributed by atoms with Gasteiger partial charge in [0.05, 0.1) is 12.1 Å². The Morgan fingerprint density at radius 1 is 1.12 bits per heavy atom. The molecule has 1 saturated carbocycles. The molecule has 0 N–H and O–H groups in total. The van der Waals surface area contributed by atoms with Gasteiger partial charge in [0.1, 0.15) is 17.5 Å². The van der Waals surface area contributed by atoms with Crippen LogP contribution in [0.3, 0.4) is 0 Å². The van der Waals surface area contributed by atoms with Gasteiger partial charge in [-0.05, 0) is 36.6 Å². The lowest BCUT2D eigenvalue weighted by molar-refractivity contribution is 0.208. The average molecular weight is 323 g/mol. The van der Waals surface area contributed by atoms with E-state index in [0.717, 1.165) is 43.1 Å². The molecule has 5 rings (SSSR count). The van der Waals surface area contributed by atoms with Crippen LogP contribution in [0.2, 0.25) is 0 Å². The summed E-state index contributed by atoms with van der Waals surface area (Å²) >= 11 is 0. The van der Waals surface area contributed by atoms with E-state index in [1.165, 1.54) is 24.7 Å². The molecule has 2 aliphatic rings. The van der Waals surface area contributed by atoms with E-state index >= 15 is 0 Å². The summed E-state index contributed by atoms with van der Waals surface area (Å²) in [4.78, 5) is 6.72. The van der Waals surface area contributed by atoms with Gasteiger partial charge in [0.2, 0.25) is 0 Å². The Hall–Kier alpha value is -2.34. The molecule has 0 unspecified atom stereocenters. The number of hydrogen-bond donors (Lipinski definition) is 0. The molecule has 3 aromatic rings. The van der Waals surface area contributed by atoms with Crippen molar-refractivity contribution < 1.29 is 4.39 Å². The van der Waals surface area contributed by atoms with Crippen molar-refractivity contribution in [2.24, 2.45) is 0 Å². The number of aromatic nitrogens is 4. The Morgan fingerprint density at radius 3 is 2.92 bits per heavy atom. The van der Waals surface area contributed by atoms with Gasteiger partial charge >= 0.3 is 0 Å². The second-order valence-corrected chi connectivity index (χ2v) is 6.72. The molecule has 1 aromatic carbocycles. The molecule has 0 spiro atoms. The van der Waals surface area contributed by atoms with Crippen LogP contribution in [0.4, 0.5) is 4.39 Å². The van der Waals surface area contributed by atoms with Crippen molar-refractivity contribution >= 4 is 10.9 Å². The van der Waals surface area contributed by atoms with Gasteiger partial charge in [-0.2, -0.15) is 0 Å². The number of pyridine rings is 1. The average Bonchev–Trinajstić information content (AvgIpc) is 3.37. The van der Waals surface area contributed by atoms with E-state index in [-0.39, 0.29) is 5.82 Å². The van der Waals surface area contributed by atoms with Crippen molar-refractivity contribution in [3.63, 3.8) is 0 Å². The van der Waals surface area contributed by atoms with E-state index in [9.17, 15) is 4.39 Å². The van der Waals surface area contributed by atoms with E-state index in [1.54, 1.807) is 18.3 Å². The fourth-order valence-corrected chi connectivity index (χ4v) is 3.57. The highest BCUT2D eigenvalue weighted by atomic mass is 19.1. The molecule has 0 bridgehead atoms. The second kappa shape index (κ2) is 5.34. The lowest BCUT2D eigenvalue weighted by atomic mass is 10.1. The van der Waals surface area contributed by atoms with E-state index in [0.29, 0.717) is 11.3 Å². The third-order valence-electron chi connectivity index (χ3n) is 5.00. The normalized spacial score (nSPS) is 18.0. The topological polar surface area (TPSA) is 46.8 Å². The van der Waals surface area contributed by atoms with Crippen LogP contribution < -0.4 is 0 Å². The summed E-state index contributed by atoms with van der Waals surface area (Å²) in [6.45, 7) is 3.42. The molecule has 5 nitrogen and oxygen atoms in total. The Labute approximate surface area is 139 Å². The zero-order valence-corrected chi connectivity index (χ0v) is 13.3. The van der Waals surface area contributed by atoms with Crippen molar-refractivity contribution in [2.75, 3.05) is 6.54 Å². The summed E-state index contributed by atoms with van der Waals surface area (Å²) in [7, 11) is 0. The van der Waals surface area contributed by atoms with E-state index < -0.39 is 0 Å². The largest absolute Gasteiger partial charge is 0.312 e.